The Balaban J connectivity index is 2.05. The number of hydrogen-bond acceptors (Lipinski definition) is 4. The molecule has 0 saturated carbocycles. The van der Waals surface area contributed by atoms with Crippen LogP contribution in [0.25, 0.3) is 0 Å². The molecule has 0 fully saturated rings. The molecule has 2 rings (SSSR count). The van der Waals surface area contributed by atoms with Crippen LogP contribution in [0.5, 0.6) is 5.75 Å². The topological polar surface area (TPSA) is 53.4 Å². The molecule has 0 atom stereocenters. The fraction of sp³-hybridized carbons (Fsp3) is 0.286. The van der Waals surface area contributed by atoms with Crippen molar-refractivity contribution in [2.24, 2.45) is 7.05 Å². The molecule has 0 saturated heterocycles. The first-order chi connectivity index (χ1) is 9.19. The van der Waals surface area contributed by atoms with Crippen molar-refractivity contribution >= 4 is 5.97 Å². The molecule has 0 unspecified atom stereocenters. The predicted molar refractivity (Wildman–Crippen MR) is 69.7 cm³/mol. The highest BCUT2D eigenvalue weighted by Gasteiger charge is 2.08. The minimum atomic E-state index is -0.256. The third-order valence-corrected chi connectivity index (χ3v) is 2.76. The van der Waals surface area contributed by atoms with E-state index in [4.69, 9.17) is 4.74 Å². The number of benzene rings is 1. The molecule has 0 spiro atoms. The maximum Gasteiger partial charge on any atom is 0.309 e. The summed E-state index contributed by atoms with van der Waals surface area (Å²) in [6.45, 7) is 0.402. The lowest BCUT2D eigenvalue weighted by Gasteiger charge is -2.09. The number of carbonyl (C=O) groups is 1. The molecular weight excluding hydrogens is 244 g/mol. The smallest absolute Gasteiger partial charge is 0.309 e. The zero-order valence-electron chi connectivity index (χ0n) is 11.0. The molecule has 0 aliphatic rings. The van der Waals surface area contributed by atoms with E-state index in [1.54, 1.807) is 17.1 Å². The van der Waals surface area contributed by atoms with Crippen LogP contribution in [0.1, 0.15) is 11.1 Å². The molecule has 2 aromatic rings. The van der Waals surface area contributed by atoms with Crippen molar-refractivity contribution in [2.45, 2.75) is 13.0 Å². The van der Waals surface area contributed by atoms with Gasteiger partial charge in [-0.25, -0.2) is 0 Å². The number of esters is 1. The fourth-order valence-corrected chi connectivity index (χ4v) is 1.73. The first-order valence-electron chi connectivity index (χ1n) is 5.94. The molecule has 5 heteroatoms. The number of methoxy groups -OCH3 is 1. The zero-order chi connectivity index (χ0) is 13.7. The van der Waals surface area contributed by atoms with Crippen LogP contribution in [0.2, 0.25) is 0 Å². The van der Waals surface area contributed by atoms with Crippen molar-refractivity contribution in [3.05, 3.63) is 47.8 Å². The van der Waals surface area contributed by atoms with Crippen molar-refractivity contribution in [2.75, 3.05) is 7.11 Å². The highest BCUT2D eigenvalue weighted by atomic mass is 16.5. The highest BCUT2D eigenvalue weighted by Crippen LogP contribution is 2.15. The van der Waals surface area contributed by atoms with Crippen molar-refractivity contribution in [3.8, 4) is 5.75 Å². The van der Waals surface area contributed by atoms with Crippen LogP contribution >= 0.6 is 0 Å². The SMILES string of the molecule is COC(=O)Cc1ccccc1COc1cnn(C)c1. The summed E-state index contributed by atoms with van der Waals surface area (Å²) >= 11 is 0. The largest absolute Gasteiger partial charge is 0.486 e. The van der Waals surface area contributed by atoms with E-state index < -0.39 is 0 Å². The Bertz CT molecular complexity index is 563. The number of carbonyl (C=O) groups excluding carboxylic acids is 1. The summed E-state index contributed by atoms with van der Waals surface area (Å²) in [5.74, 6) is 0.448. The quantitative estimate of drug-likeness (QED) is 0.768. The van der Waals surface area contributed by atoms with Gasteiger partial charge in [-0.1, -0.05) is 24.3 Å². The molecule has 0 amide bonds. The van der Waals surface area contributed by atoms with Crippen molar-refractivity contribution in [1.82, 2.24) is 9.78 Å². The summed E-state index contributed by atoms with van der Waals surface area (Å²) < 4.78 is 12.0. The van der Waals surface area contributed by atoms with Crippen molar-refractivity contribution in [3.63, 3.8) is 0 Å². The lowest BCUT2D eigenvalue weighted by Crippen LogP contribution is -2.08. The van der Waals surface area contributed by atoms with Crippen LogP contribution < -0.4 is 4.74 Å². The van der Waals surface area contributed by atoms with Gasteiger partial charge in [0, 0.05) is 7.05 Å². The Morgan fingerprint density at radius 1 is 1.32 bits per heavy atom. The van der Waals surface area contributed by atoms with E-state index in [9.17, 15) is 4.79 Å². The lowest BCUT2D eigenvalue weighted by atomic mass is 10.1. The normalized spacial score (nSPS) is 10.2. The Morgan fingerprint density at radius 2 is 2.05 bits per heavy atom. The number of ether oxygens (including phenoxy) is 2. The second kappa shape index (κ2) is 6.04. The summed E-state index contributed by atoms with van der Waals surface area (Å²) in [5.41, 5.74) is 1.88. The molecule has 0 radical (unpaired) electrons. The Morgan fingerprint density at radius 3 is 2.68 bits per heavy atom. The van der Waals surface area contributed by atoms with Crippen LogP contribution in [0.4, 0.5) is 0 Å². The summed E-state index contributed by atoms with van der Waals surface area (Å²) in [6, 6.07) is 7.65. The van der Waals surface area contributed by atoms with Gasteiger partial charge in [-0.2, -0.15) is 5.10 Å². The van der Waals surface area contributed by atoms with Gasteiger partial charge in [-0.05, 0) is 11.1 Å². The average molecular weight is 260 g/mol. The van der Waals surface area contributed by atoms with Crippen molar-refractivity contribution < 1.29 is 14.3 Å². The Kier molecular flexibility index (Phi) is 4.18. The maximum atomic E-state index is 11.3. The molecule has 19 heavy (non-hydrogen) atoms. The predicted octanol–water partition coefficient (Wildman–Crippen LogP) is 1.71. The van der Waals surface area contributed by atoms with Crippen LogP contribution in [0.3, 0.4) is 0 Å². The molecule has 0 N–H and O–H groups in total. The van der Waals surface area contributed by atoms with E-state index in [1.807, 2.05) is 31.3 Å². The average Bonchev–Trinajstić information content (AvgIpc) is 2.83. The van der Waals surface area contributed by atoms with E-state index in [0.717, 1.165) is 11.1 Å². The third kappa shape index (κ3) is 3.58. The van der Waals surface area contributed by atoms with Crippen LogP contribution in [0, 0.1) is 0 Å². The number of hydrogen-bond donors (Lipinski definition) is 0. The molecule has 1 heterocycles. The molecule has 0 bridgehead atoms. The highest BCUT2D eigenvalue weighted by molar-refractivity contribution is 5.72. The van der Waals surface area contributed by atoms with Crippen LogP contribution in [-0.4, -0.2) is 22.9 Å². The van der Waals surface area contributed by atoms with Crippen LogP contribution in [0.15, 0.2) is 36.7 Å². The lowest BCUT2D eigenvalue weighted by molar-refractivity contribution is -0.139. The minimum Gasteiger partial charge on any atom is -0.486 e. The van der Waals surface area contributed by atoms with Gasteiger partial charge < -0.3 is 9.47 Å². The van der Waals surface area contributed by atoms with Gasteiger partial charge in [0.05, 0.1) is 25.9 Å². The van der Waals surface area contributed by atoms with Gasteiger partial charge in [-0.15, -0.1) is 0 Å². The summed E-state index contributed by atoms with van der Waals surface area (Å²) in [6.07, 6.45) is 3.70. The minimum absolute atomic E-state index is 0.253. The fourth-order valence-electron chi connectivity index (χ4n) is 1.73. The monoisotopic (exact) mass is 260 g/mol. The van der Waals surface area contributed by atoms with E-state index >= 15 is 0 Å². The molecule has 1 aromatic heterocycles. The number of rotatable bonds is 5. The van der Waals surface area contributed by atoms with Gasteiger partial charge in [0.2, 0.25) is 0 Å². The van der Waals surface area contributed by atoms with E-state index in [1.165, 1.54) is 7.11 Å². The molecular formula is C14H16N2O3. The Labute approximate surface area is 111 Å². The standard InChI is InChI=1S/C14H16N2O3/c1-16-9-13(8-15-16)19-10-12-6-4-3-5-11(12)7-14(17)18-2/h3-6,8-9H,7,10H2,1-2H3. The summed E-state index contributed by atoms with van der Waals surface area (Å²) in [7, 11) is 3.22. The molecule has 0 aliphatic heterocycles. The third-order valence-electron chi connectivity index (χ3n) is 2.76. The van der Waals surface area contributed by atoms with Gasteiger partial charge in [0.1, 0.15) is 6.61 Å². The van der Waals surface area contributed by atoms with E-state index in [2.05, 4.69) is 9.84 Å². The second-order valence-corrected chi connectivity index (χ2v) is 4.16. The summed E-state index contributed by atoms with van der Waals surface area (Å²) in [5, 5.41) is 4.03. The van der Waals surface area contributed by atoms with E-state index in [0.29, 0.717) is 12.4 Å². The molecule has 100 valence electrons. The number of aryl methyl sites for hydroxylation is 1. The molecule has 0 aliphatic carbocycles. The van der Waals surface area contributed by atoms with Gasteiger partial charge in [0.15, 0.2) is 5.75 Å². The van der Waals surface area contributed by atoms with Gasteiger partial charge >= 0.3 is 5.97 Å². The molecule has 5 nitrogen and oxygen atoms in total. The van der Waals surface area contributed by atoms with Gasteiger partial charge in [0.25, 0.3) is 0 Å². The van der Waals surface area contributed by atoms with Crippen LogP contribution in [-0.2, 0) is 29.6 Å². The maximum absolute atomic E-state index is 11.3. The molecule has 1 aromatic carbocycles. The number of aromatic nitrogens is 2. The first-order valence-corrected chi connectivity index (χ1v) is 5.94. The van der Waals surface area contributed by atoms with Crippen molar-refractivity contribution in [1.29, 1.82) is 0 Å². The second-order valence-electron chi connectivity index (χ2n) is 4.16. The zero-order valence-corrected chi connectivity index (χ0v) is 11.0. The number of nitrogens with zero attached hydrogens (tertiary/aromatic N) is 2. The van der Waals surface area contributed by atoms with Gasteiger partial charge in [-0.3, -0.25) is 9.48 Å². The Hall–Kier alpha value is -2.30. The van der Waals surface area contributed by atoms with E-state index in [-0.39, 0.29) is 12.4 Å². The summed E-state index contributed by atoms with van der Waals surface area (Å²) in [4.78, 5) is 11.3. The first kappa shape index (κ1) is 13.1.